The van der Waals surface area contributed by atoms with E-state index >= 15 is 0 Å². The quantitative estimate of drug-likeness (QED) is 0.181. The van der Waals surface area contributed by atoms with Gasteiger partial charge in [-0.15, -0.1) is 0 Å². The van der Waals surface area contributed by atoms with E-state index < -0.39 is 0 Å². The molecule has 2 aromatic heterocycles. The molecule has 0 radical (unpaired) electrons. The molecule has 0 spiro atoms. The van der Waals surface area contributed by atoms with Crippen molar-refractivity contribution in [1.82, 2.24) is 0 Å². The molecule has 0 N–H and O–H groups in total. The van der Waals surface area contributed by atoms with Crippen molar-refractivity contribution in [2.45, 2.75) is 0 Å². The molecule has 11 rings (SSSR count). The minimum Gasteiger partial charge on any atom is -0.456 e. The molecule has 0 amide bonds. The van der Waals surface area contributed by atoms with Crippen molar-refractivity contribution in [3.05, 3.63) is 188 Å². The van der Waals surface area contributed by atoms with Crippen LogP contribution in [0.4, 0.5) is 17.1 Å². The lowest BCUT2D eigenvalue weighted by Gasteiger charge is -2.27. The SMILES string of the molecule is [2H]c1c([2H])c(N(c2cccc(-c3ccc4ccccc4c3)c2)c2cccc3oc4c5ccccc5ccc4c23)c([2H])c([2H])c1-c1ccc2c(c1)oc1ccccc12. The van der Waals surface area contributed by atoms with Crippen molar-refractivity contribution in [3.8, 4) is 22.3 Å². The van der Waals surface area contributed by atoms with Crippen LogP contribution < -0.4 is 4.90 Å². The van der Waals surface area contributed by atoms with Crippen molar-refractivity contribution in [2.75, 3.05) is 4.90 Å². The molecular formula is C50H31NO2. The number of hydrogen-bond donors (Lipinski definition) is 0. The molecule has 0 saturated heterocycles. The number of fused-ring (bicyclic) bond motifs is 9. The van der Waals surface area contributed by atoms with Crippen LogP contribution in [0.2, 0.25) is 0 Å². The van der Waals surface area contributed by atoms with Crippen molar-refractivity contribution < 1.29 is 14.3 Å². The van der Waals surface area contributed by atoms with Gasteiger partial charge in [0.2, 0.25) is 0 Å². The van der Waals surface area contributed by atoms with E-state index in [0.29, 0.717) is 28.1 Å². The van der Waals surface area contributed by atoms with Crippen LogP contribution in [0.5, 0.6) is 0 Å². The molecule has 0 fully saturated rings. The van der Waals surface area contributed by atoms with Gasteiger partial charge < -0.3 is 13.7 Å². The van der Waals surface area contributed by atoms with Gasteiger partial charge in [-0.25, -0.2) is 0 Å². The van der Waals surface area contributed by atoms with Crippen molar-refractivity contribution in [2.24, 2.45) is 0 Å². The highest BCUT2D eigenvalue weighted by atomic mass is 16.3. The molecule has 0 aliphatic carbocycles. The van der Waals surface area contributed by atoms with Crippen LogP contribution in [-0.4, -0.2) is 0 Å². The summed E-state index contributed by atoms with van der Waals surface area (Å²) in [6, 6.07) is 53.5. The monoisotopic (exact) mass is 681 g/mol. The first-order chi connectivity index (χ1) is 27.9. The maximum atomic E-state index is 9.67. The molecule has 0 atom stereocenters. The summed E-state index contributed by atoms with van der Waals surface area (Å²) in [5.41, 5.74) is 6.98. The average molecular weight is 682 g/mol. The fraction of sp³-hybridized carbons (Fsp3) is 0. The second kappa shape index (κ2) is 11.7. The number of furan rings is 2. The van der Waals surface area contributed by atoms with Crippen LogP contribution in [0, 0.1) is 0 Å². The normalized spacial score (nSPS) is 12.8. The fourth-order valence-corrected chi connectivity index (χ4v) is 7.75. The molecule has 11 aromatic rings. The van der Waals surface area contributed by atoms with E-state index in [1.165, 1.54) is 0 Å². The highest BCUT2D eigenvalue weighted by Crippen LogP contribution is 2.45. The van der Waals surface area contributed by atoms with Gasteiger partial charge in [-0.05, 0) is 105 Å². The number of anilines is 3. The van der Waals surface area contributed by atoms with E-state index in [1.54, 1.807) is 0 Å². The highest BCUT2D eigenvalue weighted by molar-refractivity contribution is 6.19. The summed E-state index contributed by atoms with van der Waals surface area (Å²) in [6.45, 7) is 0. The zero-order chi connectivity index (χ0) is 38.4. The first kappa shape index (κ1) is 25.8. The lowest BCUT2D eigenvalue weighted by molar-refractivity contribution is 0.669. The van der Waals surface area contributed by atoms with E-state index in [1.807, 2.05) is 102 Å². The van der Waals surface area contributed by atoms with Crippen molar-refractivity contribution in [1.29, 1.82) is 0 Å². The van der Waals surface area contributed by atoms with Gasteiger partial charge in [0.25, 0.3) is 0 Å². The number of benzene rings is 9. The standard InChI is InChI=1S/C50H31NO2/c1-2-11-35-29-37(20-19-32(35)9-1)36-12-7-13-40(30-36)51(45-16-8-18-47-49(45)44-28-23-34-10-3-4-14-41(34)50(44)53-47)39-25-21-33(22-26-39)38-24-27-43-42-15-5-6-17-46(42)52-48(43)31-38/h1-31H/i21D,22D,25D,26D. The largest absolute Gasteiger partial charge is 0.456 e. The zero-order valence-electron chi connectivity index (χ0n) is 32.4. The summed E-state index contributed by atoms with van der Waals surface area (Å²) in [6.07, 6.45) is 0. The molecule has 9 aromatic carbocycles. The van der Waals surface area contributed by atoms with Crippen molar-refractivity contribution >= 4 is 82.5 Å². The summed E-state index contributed by atoms with van der Waals surface area (Å²) in [4.78, 5) is 1.87. The van der Waals surface area contributed by atoms with E-state index in [4.69, 9.17) is 8.83 Å². The van der Waals surface area contributed by atoms with Crippen LogP contribution in [0.25, 0.3) is 87.7 Å². The predicted molar refractivity (Wildman–Crippen MR) is 222 cm³/mol. The molecule has 2 heterocycles. The van der Waals surface area contributed by atoms with Gasteiger partial charge >= 0.3 is 0 Å². The molecule has 0 bridgehead atoms. The van der Waals surface area contributed by atoms with Crippen LogP contribution in [0.15, 0.2) is 197 Å². The topological polar surface area (TPSA) is 29.5 Å². The number of rotatable bonds is 5. The average Bonchev–Trinajstić information content (AvgIpc) is 3.83. The van der Waals surface area contributed by atoms with E-state index in [2.05, 4.69) is 66.7 Å². The molecule has 0 unspecified atom stereocenters. The molecular weight excluding hydrogens is 647 g/mol. The summed E-state index contributed by atoms with van der Waals surface area (Å²) in [7, 11) is 0. The Labute approximate surface area is 311 Å². The second-order valence-electron chi connectivity index (χ2n) is 13.4. The minimum absolute atomic E-state index is 0.136. The Hall–Kier alpha value is -7.10. The summed E-state index contributed by atoms with van der Waals surface area (Å²) in [5, 5.41) is 7.91. The molecule has 3 heteroatoms. The Balaban J connectivity index is 1.16. The number of hydrogen-bond acceptors (Lipinski definition) is 3. The first-order valence-electron chi connectivity index (χ1n) is 19.7. The summed E-state index contributed by atoms with van der Waals surface area (Å²) >= 11 is 0. The maximum Gasteiger partial charge on any atom is 0.143 e. The molecule has 0 aliphatic rings. The van der Waals surface area contributed by atoms with Gasteiger partial charge in [0.1, 0.15) is 22.3 Å². The Bertz CT molecular complexity index is 3410. The zero-order valence-corrected chi connectivity index (χ0v) is 28.4. The fourth-order valence-electron chi connectivity index (χ4n) is 7.75. The minimum atomic E-state index is -0.165. The van der Waals surface area contributed by atoms with Crippen molar-refractivity contribution in [3.63, 3.8) is 0 Å². The van der Waals surface area contributed by atoms with Crippen LogP contribution in [0.1, 0.15) is 5.48 Å². The van der Waals surface area contributed by atoms with Crippen LogP contribution in [-0.2, 0) is 0 Å². The third-order valence-electron chi connectivity index (χ3n) is 10.3. The van der Waals surface area contributed by atoms with E-state index in [0.717, 1.165) is 65.4 Å². The lowest BCUT2D eigenvalue weighted by atomic mass is 9.99. The second-order valence-corrected chi connectivity index (χ2v) is 13.4. The van der Waals surface area contributed by atoms with Gasteiger partial charge in [0.05, 0.1) is 16.6 Å². The molecule has 0 saturated carbocycles. The molecule has 248 valence electrons. The first-order valence-corrected chi connectivity index (χ1v) is 17.7. The van der Waals surface area contributed by atoms with Gasteiger partial charge in [-0.2, -0.15) is 0 Å². The Morgan fingerprint density at radius 1 is 0.377 bits per heavy atom. The van der Waals surface area contributed by atoms with Crippen LogP contribution in [0.3, 0.4) is 0 Å². The maximum absolute atomic E-state index is 9.67. The number of nitrogens with zero attached hydrogens (tertiary/aromatic N) is 1. The predicted octanol–water partition coefficient (Wildman–Crippen LogP) is 14.6. The molecule has 0 aliphatic heterocycles. The van der Waals surface area contributed by atoms with Crippen LogP contribution >= 0.6 is 0 Å². The molecule has 3 nitrogen and oxygen atoms in total. The van der Waals surface area contributed by atoms with Gasteiger partial charge in [0, 0.05) is 32.9 Å². The number of para-hydroxylation sites is 1. The van der Waals surface area contributed by atoms with Gasteiger partial charge in [-0.1, -0.05) is 121 Å². The summed E-state index contributed by atoms with van der Waals surface area (Å²) in [5.74, 6) is 0. The smallest absolute Gasteiger partial charge is 0.143 e. The Kier molecular flexibility index (Phi) is 5.71. The lowest BCUT2D eigenvalue weighted by Crippen LogP contribution is -2.10. The highest BCUT2D eigenvalue weighted by Gasteiger charge is 2.21. The third kappa shape index (κ3) is 4.82. The Morgan fingerprint density at radius 3 is 1.94 bits per heavy atom. The molecule has 53 heavy (non-hydrogen) atoms. The third-order valence-corrected chi connectivity index (χ3v) is 10.3. The van der Waals surface area contributed by atoms with E-state index in [9.17, 15) is 5.48 Å². The van der Waals surface area contributed by atoms with E-state index in [-0.39, 0.29) is 35.4 Å². The summed E-state index contributed by atoms with van der Waals surface area (Å²) < 4.78 is 51.1. The van der Waals surface area contributed by atoms with Gasteiger partial charge in [-0.3, -0.25) is 0 Å². The van der Waals surface area contributed by atoms with Gasteiger partial charge in [0.15, 0.2) is 0 Å². The Morgan fingerprint density at radius 2 is 1.04 bits per heavy atom.